The maximum absolute atomic E-state index is 12.1. The van der Waals surface area contributed by atoms with E-state index in [1.54, 1.807) is 19.1 Å². The fourth-order valence-corrected chi connectivity index (χ4v) is 2.27. The topological polar surface area (TPSA) is 81.4 Å². The molecule has 2 heterocycles. The summed E-state index contributed by atoms with van der Waals surface area (Å²) < 4.78 is 10.1. The van der Waals surface area contributed by atoms with Crippen LogP contribution in [0.5, 0.6) is 0 Å². The van der Waals surface area contributed by atoms with Gasteiger partial charge in [0.2, 0.25) is 0 Å². The predicted molar refractivity (Wildman–Crippen MR) is 74.0 cm³/mol. The van der Waals surface area contributed by atoms with Gasteiger partial charge in [0.1, 0.15) is 5.76 Å². The molecule has 0 saturated carbocycles. The number of benzene rings is 1. The highest BCUT2D eigenvalue weighted by atomic mass is 16.5. The molecule has 0 aliphatic carbocycles. The van der Waals surface area contributed by atoms with E-state index >= 15 is 0 Å². The Hall–Kier alpha value is -2.63. The number of aryl methyl sites for hydroxylation is 2. The highest BCUT2D eigenvalue weighted by Gasteiger charge is 2.31. The smallest absolute Gasteiger partial charge is 0.339 e. The molecule has 0 spiro atoms. The number of hydrogen-bond acceptors (Lipinski definition) is 5. The number of esters is 1. The second-order valence-corrected chi connectivity index (χ2v) is 5.07. The third-order valence-corrected chi connectivity index (χ3v) is 3.31. The first-order valence-electron chi connectivity index (χ1n) is 6.57. The van der Waals surface area contributed by atoms with Crippen LogP contribution in [0.25, 0.3) is 0 Å². The summed E-state index contributed by atoms with van der Waals surface area (Å²) in [5.74, 6) is 0.00863. The molecule has 0 fully saturated rings. The molecule has 1 aromatic heterocycles. The molecule has 0 bridgehead atoms. The van der Waals surface area contributed by atoms with Gasteiger partial charge in [-0.05, 0) is 25.5 Å². The zero-order chi connectivity index (χ0) is 15.0. The van der Waals surface area contributed by atoms with Crippen LogP contribution >= 0.6 is 0 Å². The summed E-state index contributed by atoms with van der Waals surface area (Å²) in [6.07, 6.45) is -0.506. The number of ether oxygens (including phenoxy) is 1. The largest absolute Gasteiger partial charge is 0.448 e. The lowest BCUT2D eigenvalue weighted by atomic mass is 9.96. The first kappa shape index (κ1) is 13.4. The lowest BCUT2D eigenvalue weighted by Crippen LogP contribution is -2.38. The monoisotopic (exact) mass is 286 g/mol. The van der Waals surface area contributed by atoms with E-state index in [1.807, 2.05) is 19.1 Å². The minimum absolute atomic E-state index is 0.309. The molecule has 1 aliphatic heterocycles. The molecule has 1 aromatic carbocycles. The number of anilines is 1. The Labute approximate surface area is 121 Å². The number of rotatable bonds is 2. The summed E-state index contributed by atoms with van der Waals surface area (Å²) in [5.41, 5.74) is 2.32. The average Bonchev–Trinajstić information content (AvgIpc) is 2.84. The van der Waals surface area contributed by atoms with Crippen molar-refractivity contribution in [2.24, 2.45) is 0 Å². The Bertz CT molecular complexity index is 720. The SMILES string of the molecule is Cc1ccc2c(c1)C(=O)O[C@H](C(=O)Nc1cc(C)on1)C2. The Kier molecular flexibility index (Phi) is 3.21. The van der Waals surface area contributed by atoms with Gasteiger partial charge in [-0.3, -0.25) is 4.79 Å². The first-order chi connectivity index (χ1) is 10.0. The van der Waals surface area contributed by atoms with Crippen LogP contribution in [0.15, 0.2) is 28.8 Å². The van der Waals surface area contributed by atoms with Gasteiger partial charge in [0.25, 0.3) is 5.91 Å². The van der Waals surface area contributed by atoms with E-state index in [4.69, 9.17) is 9.26 Å². The Morgan fingerprint density at radius 1 is 1.33 bits per heavy atom. The van der Waals surface area contributed by atoms with Crippen molar-refractivity contribution in [3.05, 3.63) is 46.7 Å². The van der Waals surface area contributed by atoms with Gasteiger partial charge in [0, 0.05) is 12.5 Å². The van der Waals surface area contributed by atoms with Gasteiger partial charge in [-0.15, -0.1) is 0 Å². The maximum atomic E-state index is 12.1. The molecular weight excluding hydrogens is 272 g/mol. The zero-order valence-electron chi connectivity index (χ0n) is 11.7. The van der Waals surface area contributed by atoms with Gasteiger partial charge < -0.3 is 14.6 Å². The van der Waals surface area contributed by atoms with Crippen molar-refractivity contribution in [2.45, 2.75) is 26.4 Å². The van der Waals surface area contributed by atoms with Crippen LogP contribution in [0.3, 0.4) is 0 Å². The number of carbonyl (C=O) groups excluding carboxylic acids is 2. The van der Waals surface area contributed by atoms with E-state index in [2.05, 4.69) is 10.5 Å². The third kappa shape index (κ3) is 2.65. The van der Waals surface area contributed by atoms with Crippen LogP contribution in [0, 0.1) is 13.8 Å². The zero-order valence-corrected chi connectivity index (χ0v) is 11.7. The highest BCUT2D eigenvalue weighted by Crippen LogP contribution is 2.22. The number of cyclic esters (lactones) is 1. The fraction of sp³-hybridized carbons (Fsp3) is 0.267. The Morgan fingerprint density at radius 2 is 2.14 bits per heavy atom. The molecule has 1 amide bonds. The number of amides is 1. The number of carbonyl (C=O) groups is 2. The molecule has 1 atom stereocenters. The Balaban J connectivity index is 1.77. The normalized spacial score (nSPS) is 17.0. The molecule has 3 rings (SSSR count). The number of fused-ring (bicyclic) bond motifs is 1. The fourth-order valence-electron chi connectivity index (χ4n) is 2.27. The van der Waals surface area contributed by atoms with Gasteiger partial charge in [-0.25, -0.2) is 4.79 Å². The predicted octanol–water partition coefficient (Wildman–Crippen LogP) is 2.01. The lowest BCUT2D eigenvalue weighted by molar-refractivity contribution is -0.125. The molecule has 0 unspecified atom stereocenters. The van der Waals surface area contributed by atoms with Crippen LogP contribution < -0.4 is 5.32 Å². The standard InChI is InChI=1S/C15H14N2O4/c1-8-3-4-10-7-12(20-15(19)11(10)5-8)14(18)16-13-6-9(2)21-17-13/h3-6,12H,7H2,1-2H3,(H,16,17,18)/t12-/m0/s1. The van der Waals surface area contributed by atoms with Crippen LogP contribution in [0.1, 0.15) is 27.2 Å². The second-order valence-electron chi connectivity index (χ2n) is 5.07. The number of nitrogens with one attached hydrogen (secondary N) is 1. The quantitative estimate of drug-likeness (QED) is 0.854. The lowest BCUT2D eigenvalue weighted by Gasteiger charge is -2.23. The van der Waals surface area contributed by atoms with Gasteiger partial charge in [-0.1, -0.05) is 22.9 Å². The molecule has 2 aromatic rings. The average molecular weight is 286 g/mol. The van der Waals surface area contributed by atoms with Crippen molar-refractivity contribution in [3.63, 3.8) is 0 Å². The van der Waals surface area contributed by atoms with Crippen molar-refractivity contribution >= 4 is 17.7 Å². The van der Waals surface area contributed by atoms with Crippen molar-refractivity contribution in [3.8, 4) is 0 Å². The molecule has 0 radical (unpaired) electrons. The summed E-state index contributed by atoms with van der Waals surface area (Å²) in [6, 6.07) is 7.13. The van der Waals surface area contributed by atoms with Crippen LogP contribution in [-0.2, 0) is 16.0 Å². The molecular formula is C15H14N2O4. The third-order valence-electron chi connectivity index (χ3n) is 3.31. The van der Waals surface area contributed by atoms with Crippen molar-refractivity contribution in [1.82, 2.24) is 5.16 Å². The van der Waals surface area contributed by atoms with E-state index in [1.165, 1.54) is 0 Å². The molecule has 6 nitrogen and oxygen atoms in total. The summed E-state index contributed by atoms with van der Waals surface area (Å²) in [5, 5.41) is 6.25. The van der Waals surface area contributed by atoms with E-state index in [0.717, 1.165) is 11.1 Å². The van der Waals surface area contributed by atoms with E-state index in [-0.39, 0.29) is 0 Å². The summed E-state index contributed by atoms with van der Waals surface area (Å²) in [6.45, 7) is 3.63. The maximum Gasteiger partial charge on any atom is 0.339 e. The van der Waals surface area contributed by atoms with E-state index in [9.17, 15) is 9.59 Å². The van der Waals surface area contributed by atoms with Crippen molar-refractivity contribution in [1.29, 1.82) is 0 Å². The van der Waals surface area contributed by atoms with Crippen LogP contribution in [0.4, 0.5) is 5.82 Å². The van der Waals surface area contributed by atoms with E-state index < -0.39 is 18.0 Å². The van der Waals surface area contributed by atoms with Crippen molar-refractivity contribution < 1.29 is 18.8 Å². The molecule has 6 heteroatoms. The van der Waals surface area contributed by atoms with Gasteiger partial charge in [-0.2, -0.15) is 0 Å². The Morgan fingerprint density at radius 3 is 2.86 bits per heavy atom. The highest BCUT2D eigenvalue weighted by molar-refractivity contribution is 5.99. The molecule has 21 heavy (non-hydrogen) atoms. The van der Waals surface area contributed by atoms with Crippen molar-refractivity contribution in [2.75, 3.05) is 5.32 Å². The molecule has 0 saturated heterocycles. The van der Waals surface area contributed by atoms with Crippen LogP contribution in [0.2, 0.25) is 0 Å². The summed E-state index contributed by atoms with van der Waals surface area (Å²) >= 11 is 0. The number of hydrogen-bond donors (Lipinski definition) is 1. The second kappa shape index (κ2) is 5.05. The minimum Gasteiger partial charge on any atom is -0.448 e. The van der Waals surface area contributed by atoms with Crippen LogP contribution in [-0.4, -0.2) is 23.1 Å². The number of aromatic nitrogens is 1. The molecule has 1 N–H and O–H groups in total. The first-order valence-corrected chi connectivity index (χ1v) is 6.57. The molecule has 108 valence electrons. The van der Waals surface area contributed by atoms with Gasteiger partial charge in [0.15, 0.2) is 11.9 Å². The van der Waals surface area contributed by atoms with Gasteiger partial charge >= 0.3 is 5.97 Å². The molecule has 1 aliphatic rings. The summed E-state index contributed by atoms with van der Waals surface area (Å²) in [4.78, 5) is 24.1. The summed E-state index contributed by atoms with van der Waals surface area (Å²) in [7, 11) is 0. The van der Waals surface area contributed by atoms with E-state index in [0.29, 0.717) is 23.6 Å². The minimum atomic E-state index is -0.857. The van der Waals surface area contributed by atoms with Gasteiger partial charge in [0.05, 0.1) is 5.56 Å². The number of nitrogens with zero attached hydrogens (tertiary/aromatic N) is 1.